The summed E-state index contributed by atoms with van der Waals surface area (Å²) in [4.78, 5) is 17.9. The second-order valence-corrected chi connectivity index (χ2v) is 9.86. The number of aliphatic hydroxyl groups excluding tert-OH is 1. The average Bonchev–Trinajstić information content (AvgIpc) is 3.19. The zero-order valence-corrected chi connectivity index (χ0v) is 21.4. The highest BCUT2D eigenvalue weighted by Crippen LogP contribution is 2.30. The number of fused-ring (bicyclic) bond motifs is 1. The number of rotatable bonds is 8. The molecule has 0 saturated carbocycles. The summed E-state index contributed by atoms with van der Waals surface area (Å²) in [6.07, 6.45) is 3.36. The zero-order valence-electron chi connectivity index (χ0n) is 21.4. The fourth-order valence-corrected chi connectivity index (χ4v) is 5.31. The van der Waals surface area contributed by atoms with Gasteiger partial charge in [-0.05, 0) is 67.3 Å². The van der Waals surface area contributed by atoms with E-state index in [1.807, 2.05) is 31.2 Å². The van der Waals surface area contributed by atoms with E-state index in [0.717, 1.165) is 31.5 Å². The van der Waals surface area contributed by atoms with Gasteiger partial charge in [0.2, 0.25) is 0 Å². The normalized spacial score (nSPS) is 16.3. The molecule has 37 heavy (non-hydrogen) atoms. The Labute approximate surface area is 217 Å². The zero-order chi connectivity index (χ0) is 25.8. The average molecular weight is 498 g/mol. The number of H-pyrrole nitrogens is 1. The fourth-order valence-electron chi connectivity index (χ4n) is 5.31. The van der Waals surface area contributed by atoms with Crippen molar-refractivity contribution < 1.29 is 9.84 Å². The van der Waals surface area contributed by atoms with Gasteiger partial charge in [0.25, 0.3) is 5.56 Å². The molecule has 6 nitrogen and oxygen atoms in total. The van der Waals surface area contributed by atoms with Crippen molar-refractivity contribution in [2.24, 2.45) is 0 Å². The van der Waals surface area contributed by atoms with Crippen LogP contribution in [-0.4, -0.2) is 51.9 Å². The largest absolute Gasteiger partial charge is 0.490 e. The molecule has 0 bridgehead atoms. The summed E-state index contributed by atoms with van der Waals surface area (Å²) in [5.74, 6) is 1.19. The predicted octanol–water partition coefficient (Wildman–Crippen LogP) is 3.21. The number of β-amino-alcohol motifs (C(OH)–C–C–N with tert-alkyl or cyclic N) is 1. The molecule has 0 radical (unpaired) electrons. The van der Waals surface area contributed by atoms with Crippen molar-refractivity contribution in [1.82, 2.24) is 14.5 Å². The molecule has 2 N–H and O–H groups in total. The Morgan fingerprint density at radius 3 is 2.57 bits per heavy atom. The molecular formula is C31H35N3O3. The summed E-state index contributed by atoms with van der Waals surface area (Å²) in [6.45, 7) is 9.08. The maximum atomic E-state index is 12.6. The number of aromatic amines is 1. The Kier molecular flexibility index (Phi) is 7.58. The third-order valence-corrected chi connectivity index (χ3v) is 7.35. The van der Waals surface area contributed by atoms with Crippen LogP contribution < -0.4 is 21.1 Å². The maximum absolute atomic E-state index is 12.6. The molecule has 0 amide bonds. The number of aromatic nitrogens is 2. The van der Waals surface area contributed by atoms with E-state index in [1.165, 1.54) is 16.3 Å². The van der Waals surface area contributed by atoms with E-state index >= 15 is 0 Å². The molecule has 1 atom stereocenters. The summed E-state index contributed by atoms with van der Waals surface area (Å²) < 4.78 is 7.60. The molecule has 1 aromatic heterocycles. The van der Waals surface area contributed by atoms with E-state index in [4.69, 9.17) is 4.74 Å². The minimum Gasteiger partial charge on any atom is -0.490 e. The van der Waals surface area contributed by atoms with E-state index in [0.29, 0.717) is 35.6 Å². The lowest BCUT2D eigenvalue weighted by Crippen LogP contribution is -2.40. The number of likely N-dealkylation sites (tertiary alicyclic amines) is 1. The van der Waals surface area contributed by atoms with Gasteiger partial charge in [0.05, 0.1) is 0 Å². The Morgan fingerprint density at radius 1 is 1.08 bits per heavy atom. The highest BCUT2D eigenvalue weighted by atomic mass is 16.5. The van der Waals surface area contributed by atoms with Gasteiger partial charge >= 0.3 is 0 Å². The van der Waals surface area contributed by atoms with Crippen LogP contribution in [0.4, 0.5) is 0 Å². The molecule has 1 fully saturated rings. The van der Waals surface area contributed by atoms with Crippen LogP contribution >= 0.6 is 0 Å². The van der Waals surface area contributed by atoms with Crippen molar-refractivity contribution in [3.05, 3.63) is 99.0 Å². The summed E-state index contributed by atoms with van der Waals surface area (Å²) in [5, 5.41) is 13.8. The number of aliphatic hydroxyl groups is 1. The monoisotopic (exact) mass is 497 g/mol. The third kappa shape index (κ3) is 5.71. The van der Waals surface area contributed by atoms with Gasteiger partial charge in [0.15, 0.2) is 0 Å². The molecule has 1 aliphatic heterocycles. The molecular weight excluding hydrogens is 462 g/mol. The second kappa shape index (κ2) is 11.2. The van der Waals surface area contributed by atoms with Crippen LogP contribution in [0, 0.1) is 0 Å². The number of imidazole rings is 1. The van der Waals surface area contributed by atoms with Gasteiger partial charge in [-0.1, -0.05) is 67.2 Å². The van der Waals surface area contributed by atoms with Crippen LogP contribution in [0.5, 0.6) is 5.75 Å². The third-order valence-electron chi connectivity index (χ3n) is 7.35. The van der Waals surface area contributed by atoms with Crippen molar-refractivity contribution in [3.63, 3.8) is 0 Å². The number of hydrogen-bond acceptors (Lipinski definition) is 4. The molecule has 192 valence electrons. The standard InChI is InChI=1S/C31H35N3O3/c1-3-34-22(2)32-29(31(34)36)19-27-10-6-7-11-30(27)37-21-28(35)20-33-16-14-24(15-17-33)26-13-12-23-8-4-5-9-25(23)18-26/h4-13,18-19,24,28,32,35H,2-3,14-17,20-21H2,1H3/t28-/m0/s1. The summed E-state index contributed by atoms with van der Waals surface area (Å²) in [7, 11) is 0. The highest BCUT2D eigenvalue weighted by Gasteiger charge is 2.22. The van der Waals surface area contributed by atoms with Crippen molar-refractivity contribution >= 4 is 23.4 Å². The van der Waals surface area contributed by atoms with Crippen LogP contribution in [0.3, 0.4) is 0 Å². The molecule has 0 aliphatic carbocycles. The maximum Gasteiger partial charge on any atom is 0.275 e. The number of para-hydroxylation sites is 1. The summed E-state index contributed by atoms with van der Waals surface area (Å²) >= 11 is 0. The molecule has 0 spiro atoms. The van der Waals surface area contributed by atoms with Crippen LogP contribution in [0.25, 0.3) is 23.4 Å². The van der Waals surface area contributed by atoms with Gasteiger partial charge in [-0.2, -0.15) is 0 Å². The summed E-state index contributed by atoms with van der Waals surface area (Å²) in [5.41, 5.74) is 2.67. The molecule has 6 heteroatoms. The number of ether oxygens (including phenoxy) is 1. The van der Waals surface area contributed by atoms with Gasteiger partial charge in [-0.15, -0.1) is 0 Å². The van der Waals surface area contributed by atoms with E-state index in [-0.39, 0.29) is 12.2 Å². The highest BCUT2D eigenvalue weighted by molar-refractivity contribution is 5.83. The van der Waals surface area contributed by atoms with Crippen molar-refractivity contribution in [3.8, 4) is 5.75 Å². The molecule has 5 rings (SSSR count). The van der Waals surface area contributed by atoms with Gasteiger partial charge in [0.1, 0.15) is 29.3 Å². The Morgan fingerprint density at radius 2 is 1.81 bits per heavy atom. The lowest BCUT2D eigenvalue weighted by atomic mass is 9.88. The first-order valence-corrected chi connectivity index (χ1v) is 13.1. The topological polar surface area (TPSA) is 70.5 Å². The second-order valence-electron chi connectivity index (χ2n) is 9.86. The first-order valence-electron chi connectivity index (χ1n) is 13.1. The Balaban J connectivity index is 1.17. The smallest absolute Gasteiger partial charge is 0.275 e. The van der Waals surface area contributed by atoms with Crippen LogP contribution in [0.15, 0.2) is 71.5 Å². The first kappa shape index (κ1) is 25.1. The number of nitrogens with one attached hydrogen (secondary N) is 1. The van der Waals surface area contributed by atoms with Crippen molar-refractivity contribution in [2.45, 2.75) is 38.3 Å². The Hall–Kier alpha value is -3.61. The number of nitrogens with zero attached hydrogens (tertiary/aromatic N) is 2. The fraction of sp³-hybridized carbons (Fsp3) is 0.323. The SMILES string of the molecule is C=c1[nH]c(=Cc2ccccc2OC[C@@H](O)CN2CCC(c3ccc4ccccc4c3)CC2)c(=O)n1CC. The number of piperidine rings is 1. The van der Waals surface area contributed by atoms with E-state index in [9.17, 15) is 9.90 Å². The van der Waals surface area contributed by atoms with Crippen molar-refractivity contribution in [2.75, 3.05) is 26.2 Å². The predicted molar refractivity (Wildman–Crippen MR) is 149 cm³/mol. The van der Waals surface area contributed by atoms with E-state index < -0.39 is 6.10 Å². The summed E-state index contributed by atoms with van der Waals surface area (Å²) in [6, 6.07) is 22.9. The minimum atomic E-state index is -0.598. The van der Waals surface area contributed by atoms with Gasteiger partial charge in [-0.3, -0.25) is 9.36 Å². The van der Waals surface area contributed by atoms with Gasteiger partial charge in [0, 0.05) is 18.7 Å². The molecule has 1 aliphatic rings. The molecule has 1 saturated heterocycles. The lowest BCUT2D eigenvalue weighted by Gasteiger charge is -2.33. The molecule has 4 aromatic rings. The molecule has 2 heterocycles. The van der Waals surface area contributed by atoms with Crippen LogP contribution in [0.1, 0.15) is 36.8 Å². The number of hydrogen-bond donors (Lipinski definition) is 2. The van der Waals surface area contributed by atoms with Gasteiger partial charge in [-0.25, -0.2) is 0 Å². The Bertz CT molecular complexity index is 1530. The van der Waals surface area contributed by atoms with Crippen molar-refractivity contribution in [1.29, 1.82) is 0 Å². The first-order chi connectivity index (χ1) is 18.0. The molecule has 0 unspecified atom stereocenters. The quantitative estimate of drug-likeness (QED) is 0.392. The molecule has 3 aromatic carbocycles. The van der Waals surface area contributed by atoms with E-state index in [2.05, 4.69) is 58.9 Å². The van der Waals surface area contributed by atoms with Crippen LogP contribution in [0.2, 0.25) is 0 Å². The minimum absolute atomic E-state index is 0.102. The van der Waals surface area contributed by atoms with Gasteiger partial charge < -0.3 is 19.7 Å². The van der Waals surface area contributed by atoms with E-state index in [1.54, 1.807) is 10.6 Å². The van der Waals surface area contributed by atoms with Crippen LogP contribution in [-0.2, 0) is 6.54 Å². The number of benzene rings is 3. The lowest BCUT2D eigenvalue weighted by molar-refractivity contribution is 0.0594.